The maximum absolute atomic E-state index is 12.4. The van der Waals surface area contributed by atoms with Crippen molar-refractivity contribution in [3.63, 3.8) is 0 Å². The van der Waals surface area contributed by atoms with Crippen molar-refractivity contribution in [2.24, 2.45) is 0 Å². The van der Waals surface area contributed by atoms with Gasteiger partial charge in [0.25, 0.3) is 0 Å². The summed E-state index contributed by atoms with van der Waals surface area (Å²) in [5, 5.41) is -2.01. The number of hydrogen-bond donors (Lipinski definition) is 1. The predicted octanol–water partition coefficient (Wildman–Crippen LogP) is 1.07. The fourth-order valence-electron chi connectivity index (χ4n) is 2.27. The number of nitrogens with one attached hydrogen (secondary N) is 1. The largest absolute Gasteiger partial charge is 0.399 e. The minimum atomic E-state index is -3.95. The number of halogens is 3. The number of amides is 2. The van der Waals surface area contributed by atoms with E-state index in [9.17, 15) is 18.4 Å². The van der Waals surface area contributed by atoms with Gasteiger partial charge >= 0.3 is 11.3 Å². The molecule has 126 valence electrons. The normalized spacial score (nSPS) is 15.4. The molecule has 23 heavy (non-hydrogen) atoms. The van der Waals surface area contributed by atoms with E-state index in [1.165, 1.54) is 0 Å². The lowest BCUT2D eigenvalue weighted by Gasteiger charge is -2.35. The molecule has 2 rings (SSSR count). The fraction of sp³-hybridized carbons (Fsp3) is 0.500. The molecule has 9 heteroatoms. The van der Waals surface area contributed by atoms with Crippen LogP contribution < -0.4 is 10.2 Å². The summed E-state index contributed by atoms with van der Waals surface area (Å²) < 4.78 is 24.9. The number of alkyl halides is 3. The highest BCUT2D eigenvalue weighted by Crippen LogP contribution is 2.18. The Labute approximate surface area is 137 Å². The summed E-state index contributed by atoms with van der Waals surface area (Å²) >= 11 is 4.57. The topological polar surface area (TPSA) is 65.5 Å². The molecule has 0 unspecified atom stereocenters. The Bertz CT molecular complexity index is 545. The zero-order valence-electron chi connectivity index (χ0n) is 12.3. The van der Waals surface area contributed by atoms with Crippen molar-refractivity contribution in [1.82, 2.24) is 15.2 Å². The molecule has 2 amide bonds. The van der Waals surface area contributed by atoms with Crippen molar-refractivity contribution in [1.29, 1.82) is 0 Å². The molecule has 0 bridgehead atoms. The lowest BCUT2D eigenvalue weighted by molar-refractivity contribution is -0.136. The van der Waals surface area contributed by atoms with Gasteiger partial charge in [-0.05, 0) is 23.7 Å². The Hall–Kier alpha value is -1.96. The zero-order chi connectivity index (χ0) is 16.9. The lowest BCUT2D eigenvalue weighted by atomic mass is 10.2. The Morgan fingerprint density at radius 1 is 1.26 bits per heavy atom. The molecule has 1 N–H and O–H groups in total. The molecule has 1 aromatic heterocycles. The number of rotatable bonds is 5. The SMILES string of the molecule is O=C(CCNC(=O)C(F)(F)Cl)N1CCN(c2ccccn2)CC1. The van der Waals surface area contributed by atoms with Crippen LogP contribution in [0.5, 0.6) is 0 Å². The van der Waals surface area contributed by atoms with Crippen LogP contribution in [0.2, 0.25) is 0 Å². The first kappa shape index (κ1) is 17.4. The monoisotopic (exact) mass is 346 g/mol. The summed E-state index contributed by atoms with van der Waals surface area (Å²) in [5.41, 5.74) is 0. The molecule has 0 atom stereocenters. The molecule has 0 aromatic carbocycles. The van der Waals surface area contributed by atoms with Gasteiger partial charge in [-0.15, -0.1) is 0 Å². The van der Waals surface area contributed by atoms with Gasteiger partial charge in [0.2, 0.25) is 5.91 Å². The van der Waals surface area contributed by atoms with Gasteiger partial charge in [-0.2, -0.15) is 8.78 Å². The van der Waals surface area contributed by atoms with Gasteiger partial charge in [0.1, 0.15) is 5.82 Å². The molecule has 1 aliphatic rings. The van der Waals surface area contributed by atoms with E-state index < -0.39 is 11.3 Å². The first-order valence-electron chi connectivity index (χ1n) is 7.16. The zero-order valence-corrected chi connectivity index (χ0v) is 13.1. The molecule has 0 saturated carbocycles. The minimum absolute atomic E-state index is 0.0394. The number of nitrogens with zero attached hydrogens (tertiary/aromatic N) is 3. The maximum Gasteiger partial charge on any atom is 0.399 e. The molecular formula is C14H17ClF2N4O2. The summed E-state index contributed by atoms with van der Waals surface area (Å²) in [5.74, 6) is -0.924. The van der Waals surface area contributed by atoms with E-state index in [2.05, 4.69) is 21.5 Å². The van der Waals surface area contributed by atoms with Crippen molar-refractivity contribution in [3.05, 3.63) is 24.4 Å². The molecule has 1 aliphatic heterocycles. The van der Waals surface area contributed by atoms with Crippen molar-refractivity contribution in [2.75, 3.05) is 37.6 Å². The number of piperazine rings is 1. The summed E-state index contributed by atoms with van der Waals surface area (Å²) in [7, 11) is 0. The summed E-state index contributed by atoms with van der Waals surface area (Å²) in [6.07, 6.45) is 1.67. The van der Waals surface area contributed by atoms with Crippen molar-refractivity contribution < 1.29 is 18.4 Å². The van der Waals surface area contributed by atoms with Gasteiger partial charge in [-0.1, -0.05) is 6.07 Å². The number of carbonyl (C=O) groups is 2. The Kier molecular flexibility index (Phi) is 5.70. The highest BCUT2D eigenvalue weighted by atomic mass is 35.5. The van der Waals surface area contributed by atoms with Crippen LogP contribution in [0.3, 0.4) is 0 Å². The molecule has 2 heterocycles. The lowest BCUT2D eigenvalue weighted by Crippen LogP contribution is -2.49. The van der Waals surface area contributed by atoms with E-state index in [1.807, 2.05) is 23.5 Å². The van der Waals surface area contributed by atoms with Gasteiger partial charge < -0.3 is 15.1 Å². The van der Waals surface area contributed by atoms with Crippen LogP contribution in [-0.4, -0.2) is 59.8 Å². The smallest absolute Gasteiger partial charge is 0.353 e. The predicted molar refractivity (Wildman–Crippen MR) is 81.5 cm³/mol. The average molecular weight is 347 g/mol. The van der Waals surface area contributed by atoms with E-state index in [4.69, 9.17) is 0 Å². The summed E-state index contributed by atoms with van der Waals surface area (Å²) in [4.78, 5) is 30.9. The maximum atomic E-state index is 12.4. The van der Waals surface area contributed by atoms with Crippen LogP contribution in [0, 0.1) is 0 Å². The first-order chi connectivity index (χ1) is 10.9. The van der Waals surface area contributed by atoms with Crippen LogP contribution in [0.1, 0.15) is 6.42 Å². The van der Waals surface area contributed by atoms with Gasteiger partial charge in [-0.3, -0.25) is 9.59 Å². The van der Waals surface area contributed by atoms with E-state index in [0.717, 1.165) is 5.82 Å². The van der Waals surface area contributed by atoms with Gasteiger partial charge in [0.05, 0.1) is 0 Å². The second-order valence-corrected chi connectivity index (χ2v) is 5.53. The van der Waals surface area contributed by atoms with Gasteiger partial charge in [-0.25, -0.2) is 4.98 Å². The molecule has 1 saturated heterocycles. The van der Waals surface area contributed by atoms with Crippen molar-refractivity contribution in [3.8, 4) is 0 Å². The van der Waals surface area contributed by atoms with E-state index in [-0.39, 0.29) is 18.9 Å². The standard InChI is InChI=1S/C14H17ClF2N4O2/c15-14(16,17)13(23)19-6-4-12(22)21-9-7-20(8-10-21)11-3-1-2-5-18-11/h1-3,5H,4,6-10H2,(H,19,23). The molecule has 1 aromatic rings. The average Bonchev–Trinajstić information content (AvgIpc) is 2.54. The number of anilines is 1. The highest BCUT2D eigenvalue weighted by Gasteiger charge is 2.35. The Balaban J connectivity index is 1.73. The van der Waals surface area contributed by atoms with Crippen LogP contribution in [0.15, 0.2) is 24.4 Å². The van der Waals surface area contributed by atoms with Crippen LogP contribution in [0.4, 0.5) is 14.6 Å². The minimum Gasteiger partial charge on any atom is -0.353 e. The molecule has 0 radical (unpaired) electrons. The second-order valence-electron chi connectivity index (χ2n) is 5.06. The number of aromatic nitrogens is 1. The molecular weight excluding hydrogens is 330 g/mol. The Morgan fingerprint density at radius 2 is 1.96 bits per heavy atom. The third kappa shape index (κ3) is 5.02. The second kappa shape index (κ2) is 7.54. The number of pyridine rings is 1. The van der Waals surface area contributed by atoms with Crippen LogP contribution in [0.25, 0.3) is 0 Å². The third-order valence-corrected chi connectivity index (χ3v) is 3.66. The van der Waals surface area contributed by atoms with Crippen LogP contribution >= 0.6 is 11.6 Å². The summed E-state index contributed by atoms with van der Waals surface area (Å²) in [6, 6.07) is 5.64. The van der Waals surface area contributed by atoms with E-state index in [0.29, 0.717) is 26.2 Å². The molecule has 0 spiro atoms. The van der Waals surface area contributed by atoms with E-state index >= 15 is 0 Å². The molecule has 6 nitrogen and oxygen atoms in total. The summed E-state index contributed by atoms with van der Waals surface area (Å²) in [6.45, 7) is 2.17. The third-order valence-electron chi connectivity index (χ3n) is 3.49. The van der Waals surface area contributed by atoms with Crippen molar-refractivity contribution >= 4 is 29.2 Å². The quantitative estimate of drug-likeness (QED) is 0.810. The first-order valence-corrected chi connectivity index (χ1v) is 7.54. The Morgan fingerprint density at radius 3 is 2.52 bits per heavy atom. The van der Waals surface area contributed by atoms with Crippen molar-refractivity contribution in [2.45, 2.75) is 11.8 Å². The fourth-order valence-corrected chi connectivity index (χ4v) is 2.33. The van der Waals surface area contributed by atoms with E-state index in [1.54, 1.807) is 11.1 Å². The molecule has 0 aliphatic carbocycles. The number of hydrogen-bond acceptors (Lipinski definition) is 4. The van der Waals surface area contributed by atoms with Gasteiger partial charge in [0.15, 0.2) is 0 Å². The highest BCUT2D eigenvalue weighted by molar-refractivity contribution is 6.32. The van der Waals surface area contributed by atoms with Gasteiger partial charge in [0, 0.05) is 45.3 Å². The number of carbonyl (C=O) groups excluding carboxylic acids is 2. The molecule has 1 fully saturated rings. The van der Waals surface area contributed by atoms with Crippen LogP contribution in [-0.2, 0) is 9.59 Å².